The first-order chi connectivity index (χ1) is 9.13. The summed E-state index contributed by atoms with van der Waals surface area (Å²) >= 11 is 0. The topological polar surface area (TPSA) is 64.3 Å². The molecule has 0 radical (unpaired) electrons. The first-order valence-corrected chi connectivity index (χ1v) is 6.83. The molecule has 0 saturated carbocycles. The lowest BCUT2D eigenvalue weighted by atomic mass is 9.97. The maximum atomic E-state index is 11.7. The van der Waals surface area contributed by atoms with E-state index in [1.807, 2.05) is 38.1 Å². The van der Waals surface area contributed by atoms with Gasteiger partial charge in [0.1, 0.15) is 0 Å². The van der Waals surface area contributed by atoms with Gasteiger partial charge in [0, 0.05) is 31.9 Å². The predicted molar refractivity (Wildman–Crippen MR) is 78.0 cm³/mol. The average molecular weight is 264 g/mol. The molecule has 1 aromatic carbocycles. The van der Waals surface area contributed by atoms with Crippen molar-refractivity contribution >= 4 is 11.6 Å². The number of carbonyl (C=O) groups is 1. The third kappa shape index (κ3) is 6.25. The van der Waals surface area contributed by atoms with Gasteiger partial charge in [-0.2, -0.15) is 0 Å². The largest absolute Gasteiger partial charge is 0.399 e. The summed E-state index contributed by atoms with van der Waals surface area (Å²) in [5.41, 5.74) is 7.53. The van der Waals surface area contributed by atoms with Crippen molar-refractivity contribution in [2.24, 2.45) is 0 Å². The Balaban J connectivity index is 2.26. The van der Waals surface area contributed by atoms with Crippen LogP contribution in [0.1, 0.15) is 38.2 Å². The Bertz CT molecular complexity index is 376. The number of amides is 1. The van der Waals surface area contributed by atoms with E-state index in [9.17, 15) is 4.79 Å². The van der Waals surface area contributed by atoms with E-state index in [0.29, 0.717) is 19.6 Å². The third-order valence-corrected chi connectivity index (χ3v) is 2.99. The second kappa shape index (κ2) is 8.53. The number of hydrogen-bond acceptors (Lipinski definition) is 3. The smallest absolute Gasteiger partial charge is 0.220 e. The SMILES string of the molecule is CCOCCCNC(=O)CC(C)c1ccc(N)cc1. The van der Waals surface area contributed by atoms with Crippen molar-refractivity contribution in [1.29, 1.82) is 0 Å². The highest BCUT2D eigenvalue weighted by molar-refractivity contribution is 5.76. The molecular weight excluding hydrogens is 240 g/mol. The second-order valence-corrected chi connectivity index (χ2v) is 4.67. The molecular formula is C15H24N2O2. The van der Waals surface area contributed by atoms with Crippen molar-refractivity contribution in [2.75, 3.05) is 25.5 Å². The molecule has 1 aromatic rings. The number of rotatable bonds is 8. The molecule has 0 aliphatic carbocycles. The van der Waals surface area contributed by atoms with E-state index in [1.165, 1.54) is 0 Å². The van der Waals surface area contributed by atoms with Gasteiger partial charge in [0.05, 0.1) is 0 Å². The standard InChI is InChI=1S/C15H24N2O2/c1-3-19-10-4-9-17-15(18)11-12(2)13-5-7-14(16)8-6-13/h5-8,12H,3-4,9-11,16H2,1-2H3,(H,17,18). The highest BCUT2D eigenvalue weighted by atomic mass is 16.5. The monoisotopic (exact) mass is 264 g/mol. The Kier molecular flexibility index (Phi) is 6.97. The Morgan fingerprint density at radius 1 is 1.37 bits per heavy atom. The van der Waals surface area contributed by atoms with Gasteiger partial charge in [0.15, 0.2) is 0 Å². The summed E-state index contributed by atoms with van der Waals surface area (Å²) < 4.78 is 5.21. The molecule has 0 bridgehead atoms. The molecule has 0 aliphatic heterocycles. The highest BCUT2D eigenvalue weighted by Crippen LogP contribution is 2.19. The quantitative estimate of drug-likeness (QED) is 0.559. The molecule has 0 spiro atoms. The number of benzene rings is 1. The second-order valence-electron chi connectivity index (χ2n) is 4.67. The van der Waals surface area contributed by atoms with Crippen LogP contribution in [0.15, 0.2) is 24.3 Å². The van der Waals surface area contributed by atoms with Crippen molar-refractivity contribution in [2.45, 2.75) is 32.6 Å². The number of nitrogens with two attached hydrogens (primary N) is 1. The molecule has 4 nitrogen and oxygen atoms in total. The fraction of sp³-hybridized carbons (Fsp3) is 0.533. The van der Waals surface area contributed by atoms with Crippen LogP contribution in [0, 0.1) is 0 Å². The lowest BCUT2D eigenvalue weighted by Gasteiger charge is -2.12. The van der Waals surface area contributed by atoms with Gasteiger partial charge in [0.2, 0.25) is 5.91 Å². The number of carbonyl (C=O) groups excluding carboxylic acids is 1. The lowest BCUT2D eigenvalue weighted by Crippen LogP contribution is -2.26. The zero-order valence-corrected chi connectivity index (χ0v) is 11.8. The Hall–Kier alpha value is -1.55. The summed E-state index contributed by atoms with van der Waals surface area (Å²) in [6.45, 7) is 6.11. The van der Waals surface area contributed by atoms with Gasteiger partial charge in [-0.1, -0.05) is 19.1 Å². The van der Waals surface area contributed by atoms with E-state index in [-0.39, 0.29) is 11.8 Å². The van der Waals surface area contributed by atoms with E-state index < -0.39 is 0 Å². The van der Waals surface area contributed by atoms with Crippen LogP contribution in [0.4, 0.5) is 5.69 Å². The van der Waals surface area contributed by atoms with Gasteiger partial charge in [-0.3, -0.25) is 4.79 Å². The molecule has 106 valence electrons. The number of nitrogens with one attached hydrogen (secondary N) is 1. The minimum atomic E-state index is 0.0841. The van der Waals surface area contributed by atoms with Crippen LogP contribution in [-0.4, -0.2) is 25.7 Å². The van der Waals surface area contributed by atoms with Gasteiger partial charge in [0.25, 0.3) is 0 Å². The molecule has 0 heterocycles. The number of ether oxygens (including phenoxy) is 1. The summed E-state index contributed by atoms with van der Waals surface area (Å²) in [4.78, 5) is 11.7. The average Bonchev–Trinajstić information content (AvgIpc) is 2.39. The van der Waals surface area contributed by atoms with Gasteiger partial charge in [-0.05, 0) is 37.0 Å². The first kappa shape index (κ1) is 15.5. The number of hydrogen-bond donors (Lipinski definition) is 2. The Morgan fingerprint density at radius 3 is 2.68 bits per heavy atom. The molecule has 0 aliphatic rings. The first-order valence-electron chi connectivity index (χ1n) is 6.83. The van der Waals surface area contributed by atoms with E-state index in [1.54, 1.807) is 0 Å². The van der Waals surface area contributed by atoms with Crippen molar-refractivity contribution in [3.05, 3.63) is 29.8 Å². The summed E-state index contributed by atoms with van der Waals surface area (Å²) in [7, 11) is 0. The number of anilines is 1. The van der Waals surface area contributed by atoms with Gasteiger partial charge >= 0.3 is 0 Å². The molecule has 19 heavy (non-hydrogen) atoms. The Morgan fingerprint density at radius 2 is 2.05 bits per heavy atom. The van der Waals surface area contributed by atoms with E-state index in [4.69, 9.17) is 10.5 Å². The van der Waals surface area contributed by atoms with Crippen LogP contribution in [0.25, 0.3) is 0 Å². The van der Waals surface area contributed by atoms with Crippen molar-refractivity contribution in [3.63, 3.8) is 0 Å². The van der Waals surface area contributed by atoms with Gasteiger partial charge in [-0.25, -0.2) is 0 Å². The zero-order valence-electron chi connectivity index (χ0n) is 11.8. The van der Waals surface area contributed by atoms with E-state index in [2.05, 4.69) is 5.32 Å². The van der Waals surface area contributed by atoms with E-state index in [0.717, 1.165) is 24.3 Å². The molecule has 0 saturated heterocycles. The molecule has 0 aromatic heterocycles. The lowest BCUT2D eigenvalue weighted by molar-refractivity contribution is -0.121. The summed E-state index contributed by atoms with van der Waals surface area (Å²) in [5.74, 6) is 0.285. The minimum Gasteiger partial charge on any atom is -0.399 e. The Labute approximate surface area is 115 Å². The van der Waals surface area contributed by atoms with E-state index >= 15 is 0 Å². The van der Waals surface area contributed by atoms with Crippen LogP contribution in [-0.2, 0) is 9.53 Å². The third-order valence-electron chi connectivity index (χ3n) is 2.99. The summed E-state index contributed by atoms with van der Waals surface area (Å²) in [6, 6.07) is 7.68. The fourth-order valence-electron chi connectivity index (χ4n) is 1.84. The highest BCUT2D eigenvalue weighted by Gasteiger charge is 2.10. The maximum Gasteiger partial charge on any atom is 0.220 e. The predicted octanol–water partition coefficient (Wildman–Crippen LogP) is 2.31. The molecule has 1 rings (SSSR count). The maximum absolute atomic E-state index is 11.7. The van der Waals surface area contributed by atoms with Crippen molar-refractivity contribution in [3.8, 4) is 0 Å². The van der Waals surface area contributed by atoms with Crippen LogP contribution in [0.3, 0.4) is 0 Å². The number of nitrogen functional groups attached to an aromatic ring is 1. The van der Waals surface area contributed by atoms with Crippen LogP contribution >= 0.6 is 0 Å². The van der Waals surface area contributed by atoms with Crippen molar-refractivity contribution < 1.29 is 9.53 Å². The molecule has 3 N–H and O–H groups in total. The van der Waals surface area contributed by atoms with Crippen LogP contribution < -0.4 is 11.1 Å². The normalized spacial score (nSPS) is 12.1. The minimum absolute atomic E-state index is 0.0841. The molecule has 1 unspecified atom stereocenters. The van der Waals surface area contributed by atoms with Gasteiger partial charge in [-0.15, -0.1) is 0 Å². The van der Waals surface area contributed by atoms with Crippen LogP contribution in [0.5, 0.6) is 0 Å². The molecule has 1 atom stereocenters. The van der Waals surface area contributed by atoms with Gasteiger partial charge < -0.3 is 15.8 Å². The molecule has 4 heteroatoms. The van der Waals surface area contributed by atoms with Crippen molar-refractivity contribution in [1.82, 2.24) is 5.32 Å². The molecule has 0 fully saturated rings. The zero-order chi connectivity index (χ0) is 14.1. The van der Waals surface area contributed by atoms with Crippen LogP contribution in [0.2, 0.25) is 0 Å². The summed E-state index contributed by atoms with van der Waals surface area (Å²) in [6.07, 6.45) is 1.36. The molecule has 1 amide bonds. The fourth-order valence-corrected chi connectivity index (χ4v) is 1.84. The summed E-state index contributed by atoms with van der Waals surface area (Å²) in [5, 5.41) is 2.91.